The SMILES string of the molecule is CCC(=O)N/C(C=C(C)C)=C/C(=C\N)c1ccc2[nH]nc(C3=CCc4c(ccnc4-c4cccc(OC)c4)N3)c2n1. The van der Waals surface area contributed by atoms with Gasteiger partial charge in [-0.15, -0.1) is 0 Å². The molecule has 3 aromatic heterocycles. The van der Waals surface area contributed by atoms with Gasteiger partial charge in [-0.25, -0.2) is 4.98 Å². The van der Waals surface area contributed by atoms with E-state index in [0.717, 1.165) is 45.0 Å². The smallest absolute Gasteiger partial charge is 0.224 e. The van der Waals surface area contributed by atoms with Gasteiger partial charge in [0, 0.05) is 46.9 Å². The van der Waals surface area contributed by atoms with Crippen molar-refractivity contribution >= 4 is 33.9 Å². The van der Waals surface area contributed by atoms with Crippen LogP contribution in [0.15, 0.2) is 84.4 Å². The van der Waals surface area contributed by atoms with Gasteiger partial charge in [0.05, 0.1) is 29.7 Å². The van der Waals surface area contributed by atoms with Crippen molar-refractivity contribution < 1.29 is 9.53 Å². The Bertz CT molecular complexity index is 1740. The Hall–Kier alpha value is -5.18. The third kappa shape index (κ3) is 5.89. The fourth-order valence-electron chi connectivity index (χ4n) is 4.69. The molecule has 0 saturated heterocycles. The molecule has 0 fully saturated rings. The van der Waals surface area contributed by atoms with Crippen LogP contribution in [0, 0.1) is 0 Å². The molecular weight excluding hydrogens is 514 g/mol. The first-order valence-electron chi connectivity index (χ1n) is 13.4. The molecule has 4 aromatic rings. The van der Waals surface area contributed by atoms with Crippen molar-refractivity contribution in [3.05, 3.63) is 101 Å². The van der Waals surface area contributed by atoms with Crippen LogP contribution in [0.2, 0.25) is 0 Å². The number of aromatic amines is 1. The molecule has 5 N–H and O–H groups in total. The van der Waals surface area contributed by atoms with Crippen LogP contribution in [0.1, 0.15) is 44.1 Å². The van der Waals surface area contributed by atoms with Gasteiger partial charge < -0.3 is 21.1 Å². The van der Waals surface area contributed by atoms with Gasteiger partial charge in [0.25, 0.3) is 0 Å². The number of allylic oxidation sites excluding steroid dienone is 5. The van der Waals surface area contributed by atoms with Crippen molar-refractivity contribution in [3.8, 4) is 17.0 Å². The number of rotatable bonds is 8. The van der Waals surface area contributed by atoms with Gasteiger partial charge in [-0.05, 0) is 62.8 Å². The van der Waals surface area contributed by atoms with Crippen LogP contribution < -0.4 is 21.1 Å². The third-order valence-corrected chi connectivity index (χ3v) is 6.68. The summed E-state index contributed by atoms with van der Waals surface area (Å²) < 4.78 is 5.41. The number of anilines is 1. The van der Waals surface area contributed by atoms with Gasteiger partial charge in [0.2, 0.25) is 5.91 Å². The van der Waals surface area contributed by atoms with E-state index in [-0.39, 0.29) is 5.91 Å². The topological polar surface area (TPSA) is 131 Å². The van der Waals surface area contributed by atoms with E-state index in [0.29, 0.717) is 41.0 Å². The Morgan fingerprint density at radius 2 is 2.00 bits per heavy atom. The molecule has 5 rings (SSSR count). The Morgan fingerprint density at radius 3 is 2.76 bits per heavy atom. The summed E-state index contributed by atoms with van der Waals surface area (Å²) in [6.07, 6.45) is 10.2. The van der Waals surface area contributed by atoms with Gasteiger partial charge >= 0.3 is 0 Å². The van der Waals surface area contributed by atoms with E-state index in [1.165, 1.54) is 6.20 Å². The highest BCUT2D eigenvalue weighted by atomic mass is 16.5. The third-order valence-electron chi connectivity index (χ3n) is 6.68. The van der Waals surface area contributed by atoms with Crippen molar-refractivity contribution in [2.45, 2.75) is 33.6 Å². The average molecular weight is 548 g/mol. The standard InChI is InChI=1S/C32H33N7O2/c1-5-29(40)35-22(15-19(2)3)16-21(18-33)25-11-12-28-31(37-25)32(39-38-28)27-10-9-24-26(36-27)13-14-34-30(24)20-7-6-8-23(17-20)41-4/h6-8,10-18,36H,5,9,33H2,1-4H3,(H,35,40)(H,38,39)/b21-18+,22-16+. The first kappa shape index (κ1) is 27.4. The van der Waals surface area contributed by atoms with E-state index in [9.17, 15) is 4.79 Å². The number of ether oxygens (including phenoxy) is 1. The molecule has 1 aliphatic heterocycles. The number of pyridine rings is 2. The lowest BCUT2D eigenvalue weighted by molar-refractivity contribution is -0.120. The van der Waals surface area contributed by atoms with Crippen molar-refractivity contribution in [2.24, 2.45) is 5.73 Å². The van der Waals surface area contributed by atoms with Crippen LogP contribution in [0.25, 0.3) is 33.6 Å². The summed E-state index contributed by atoms with van der Waals surface area (Å²) in [6, 6.07) is 13.7. The van der Waals surface area contributed by atoms with Gasteiger partial charge in [-0.3, -0.25) is 14.9 Å². The molecular formula is C32H33N7O2. The lowest BCUT2D eigenvalue weighted by Crippen LogP contribution is -2.20. The van der Waals surface area contributed by atoms with E-state index in [4.69, 9.17) is 15.5 Å². The minimum atomic E-state index is -0.0778. The number of carbonyl (C=O) groups is 1. The second-order valence-electron chi connectivity index (χ2n) is 9.87. The predicted molar refractivity (Wildman–Crippen MR) is 164 cm³/mol. The number of amides is 1. The van der Waals surface area contributed by atoms with Crippen molar-refractivity contribution in [2.75, 3.05) is 12.4 Å². The molecule has 1 amide bonds. The maximum absolute atomic E-state index is 12.1. The zero-order valence-corrected chi connectivity index (χ0v) is 23.6. The predicted octanol–water partition coefficient (Wildman–Crippen LogP) is 5.71. The molecule has 1 aliphatic rings. The van der Waals surface area contributed by atoms with Gasteiger partial charge in [0.15, 0.2) is 0 Å². The summed E-state index contributed by atoms with van der Waals surface area (Å²) in [6.45, 7) is 5.75. The quantitative estimate of drug-likeness (QED) is 0.208. The molecule has 0 unspecified atom stereocenters. The molecule has 208 valence electrons. The summed E-state index contributed by atoms with van der Waals surface area (Å²) >= 11 is 0. The highest BCUT2D eigenvalue weighted by Gasteiger charge is 2.21. The van der Waals surface area contributed by atoms with Crippen molar-refractivity contribution in [1.82, 2.24) is 25.5 Å². The fourth-order valence-corrected chi connectivity index (χ4v) is 4.69. The Labute approximate surface area is 238 Å². The number of nitrogens with two attached hydrogens (primary N) is 1. The normalized spacial score (nSPS) is 13.2. The summed E-state index contributed by atoms with van der Waals surface area (Å²) in [4.78, 5) is 21.7. The van der Waals surface area contributed by atoms with Crippen LogP contribution in [0.4, 0.5) is 5.69 Å². The highest BCUT2D eigenvalue weighted by Crippen LogP contribution is 2.35. The molecule has 4 heterocycles. The number of carbonyl (C=O) groups excluding carboxylic acids is 1. The zero-order chi connectivity index (χ0) is 28.9. The molecule has 9 heteroatoms. The van der Waals surface area contributed by atoms with Crippen LogP contribution in [0.3, 0.4) is 0 Å². The molecule has 9 nitrogen and oxygen atoms in total. The van der Waals surface area contributed by atoms with Crippen molar-refractivity contribution in [1.29, 1.82) is 0 Å². The van der Waals surface area contributed by atoms with E-state index in [1.807, 2.05) is 75.4 Å². The maximum atomic E-state index is 12.1. The number of hydrogen-bond acceptors (Lipinski definition) is 7. The lowest BCUT2D eigenvalue weighted by Gasteiger charge is -2.21. The monoisotopic (exact) mass is 547 g/mol. The molecule has 0 bridgehead atoms. The molecule has 1 aromatic carbocycles. The summed E-state index contributed by atoms with van der Waals surface area (Å²) in [5.74, 6) is 0.708. The highest BCUT2D eigenvalue weighted by molar-refractivity contribution is 5.94. The molecule has 0 radical (unpaired) electrons. The second-order valence-corrected chi connectivity index (χ2v) is 9.87. The lowest BCUT2D eigenvalue weighted by atomic mass is 9.98. The largest absolute Gasteiger partial charge is 0.497 e. The first-order chi connectivity index (χ1) is 19.9. The molecule has 0 saturated carbocycles. The van der Waals surface area contributed by atoms with E-state index >= 15 is 0 Å². The summed E-state index contributed by atoms with van der Waals surface area (Å²) in [7, 11) is 1.66. The minimum absolute atomic E-state index is 0.0778. The molecule has 0 aliphatic carbocycles. The van der Waals surface area contributed by atoms with E-state index in [1.54, 1.807) is 13.3 Å². The molecule has 0 atom stereocenters. The average Bonchev–Trinajstić information content (AvgIpc) is 3.42. The number of methoxy groups -OCH3 is 1. The van der Waals surface area contributed by atoms with Crippen molar-refractivity contribution in [3.63, 3.8) is 0 Å². The van der Waals surface area contributed by atoms with Crippen LogP contribution >= 0.6 is 0 Å². The van der Waals surface area contributed by atoms with Gasteiger partial charge in [0.1, 0.15) is 17.0 Å². The Kier molecular flexibility index (Phi) is 7.96. The molecule has 41 heavy (non-hydrogen) atoms. The van der Waals surface area contributed by atoms with Gasteiger partial charge in [-0.1, -0.05) is 30.7 Å². The fraction of sp³-hybridized carbons (Fsp3) is 0.188. The maximum Gasteiger partial charge on any atom is 0.224 e. The number of H-pyrrole nitrogens is 1. The number of hydrogen-bond donors (Lipinski definition) is 4. The van der Waals surface area contributed by atoms with Crippen LogP contribution in [-0.4, -0.2) is 33.2 Å². The minimum Gasteiger partial charge on any atom is -0.497 e. The zero-order valence-electron chi connectivity index (χ0n) is 23.6. The van der Waals surface area contributed by atoms with Gasteiger partial charge in [-0.2, -0.15) is 5.10 Å². The summed E-state index contributed by atoms with van der Waals surface area (Å²) in [5, 5.41) is 14.1. The number of nitrogens with zero attached hydrogens (tertiary/aromatic N) is 3. The second kappa shape index (κ2) is 11.9. The number of fused-ring (bicyclic) bond motifs is 2. The first-order valence-corrected chi connectivity index (χ1v) is 13.4. The summed E-state index contributed by atoms with van der Waals surface area (Å²) in [5.41, 5.74) is 16.1. The van der Waals surface area contributed by atoms with E-state index in [2.05, 4.69) is 31.9 Å². The van der Waals surface area contributed by atoms with E-state index < -0.39 is 0 Å². The number of aromatic nitrogens is 4. The Morgan fingerprint density at radius 1 is 1.15 bits per heavy atom. The van der Waals surface area contributed by atoms with Crippen LogP contribution in [0.5, 0.6) is 5.75 Å². The molecule has 0 spiro atoms. The Balaban J connectivity index is 1.48. The van der Waals surface area contributed by atoms with Crippen LogP contribution in [-0.2, 0) is 11.2 Å². The number of benzene rings is 1. The number of nitrogens with one attached hydrogen (secondary N) is 3.